The summed E-state index contributed by atoms with van der Waals surface area (Å²) in [6.45, 7) is 4.62. The quantitative estimate of drug-likeness (QED) is 0.673. The van der Waals surface area contributed by atoms with Crippen LogP contribution in [-0.4, -0.2) is 22.8 Å². The van der Waals surface area contributed by atoms with Crippen LogP contribution in [0.1, 0.15) is 21.7 Å². The zero-order valence-corrected chi connectivity index (χ0v) is 15.5. The van der Waals surface area contributed by atoms with Crippen molar-refractivity contribution in [2.24, 2.45) is 0 Å². The third-order valence-electron chi connectivity index (χ3n) is 4.26. The topological polar surface area (TPSA) is 33.2 Å². The fourth-order valence-electron chi connectivity index (χ4n) is 2.88. The first kappa shape index (κ1) is 16.9. The molecule has 0 aliphatic carbocycles. The summed E-state index contributed by atoms with van der Waals surface area (Å²) in [6.07, 6.45) is 0.366. The highest BCUT2D eigenvalue weighted by atomic mass is 35.5. The minimum absolute atomic E-state index is 0.0859. The average Bonchev–Trinajstić information content (AvgIpc) is 2.96. The molecule has 2 heterocycles. The minimum atomic E-state index is 0.0859. The van der Waals surface area contributed by atoms with Crippen molar-refractivity contribution in [3.05, 3.63) is 62.4 Å². The summed E-state index contributed by atoms with van der Waals surface area (Å²) in [5, 5.41) is 1.11. The third kappa shape index (κ3) is 3.45. The van der Waals surface area contributed by atoms with E-state index in [1.165, 1.54) is 11.3 Å². The van der Waals surface area contributed by atoms with Gasteiger partial charge in [-0.3, -0.25) is 9.78 Å². The average molecular weight is 359 g/mol. The lowest BCUT2D eigenvalue weighted by Crippen LogP contribution is -2.28. The summed E-state index contributed by atoms with van der Waals surface area (Å²) in [7, 11) is 1.83. The molecule has 1 aromatic carbocycles. The van der Waals surface area contributed by atoms with Crippen LogP contribution in [0, 0.1) is 13.8 Å². The van der Waals surface area contributed by atoms with E-state index in [0.717, 1.165) is 36.9 Å². The Bertz CT molecular complexity index is 904. The van der Waals surface area contributed by atoms with Gasteiger partial charge in [0.25, 0.3) is 0 Å². The molecule has 24 heavy (non-hydrogen) atoms. The molecular formula is C19H19ClN2OS. The molecule has 0 N–H and O–H groups in total. The van der Waals surface area contributed by atoms with Crippen LogP contribution in [0.2, 0.25) is 4.34 Å². The smallest absolute Gasteiger partial charge is 0.227 e. The van der Waals surface area contributed by atoms with E-state index in [0.29, 0.717) is 13.0 Å². The van der Waals surface area contributed by atoms with Gasteiger partial charge >= 0.3 is 0 Å². The standard InChI is InChI=1S/C19H19ClN2OS/c1-12-15-6-4-5-7-17(15)21-13(2)16(12)10-19(23)22(3)11-14-8-9-18(20)24-14/h4-9H,10-11H2,1-3H3. The number of carbonyl (C=O) groups is 1. The lowest BCUT2D eigenvalue weighted by molar-refractivity contribution is -0.129. The Balaban J connectivity index is 1.82. The molecule has 3 nitrogen and oxygen atoms in total. The van der Waals surface area contributed by atoms with Crippen molar-refractivity contribution in [3.63, 3.8) is 0 Å². The van der Waals surface area contributed by atoms with Crippen LogP contribution in [-0.2, 0) is 17.8 Å². The maximum Gasteiger partial charge on any atom is 0.227 e. The number of hydrogen-bond donors (Lipinski definition) is 0. The second-order valence-electron chi connectivity index (χ2n) is 5.95. The fraction of sp³-hybridized carbons (Fsp3) is 0.263. The van der Waals surface area contributed by atoms with Gasteiger partial charge in [-0.15, -0.1) is 11.3 Å². The van der Waals surface area contributed by atoms with Gasteiger partial charge in [-0.1, -0.05) is 29.8 Å². The zero-order chi connectivity index (χ0) is 17.3. The number of nitrogens with zero attached hydrogens (tertiary/aromatic N) is 2. The number of thiophene rings is 1. The Hall–Kier alpha value is -1.91. The molecule has 0 unspecified atom stereocenters. The second kappa shape index (κ2) is 6.91. The van der Waals surface area contributed by atoms with E-state index in [1.54, 1.807) is 4.90 Å². The van der Waals surface area contributed by atoms with Gasteiger partial charge in [0.1, 0.15) is 0 Å². The first-order valence-electron chi connectivity index (χ1n) is 7.78. The van der Waals surface area contributed by atoms with Gasteiger partial charge < -0.3 is 4.90 Å². The van der Waals surface area contributed by atoms with Gasteiger partial charge in [-0.05, 0) is 43.2 Å². The number of aromatic nitrogens is 1. The summed E-state index contributed by atoms with van der Waals surface area (Å²) >= 11 is 7.46. The van der Waals surface area contributed by atoms with Crippen molar-refractivity contribution in [2.45, 2.75) is 26.8 Å². The number of carbonyl (C=O) groups excluding carboxylic acids is 1. The van der Waals surface area contributed by atoms with Gasteiger partial charge in [-0.2, -0.15) is 0 Å². The molecule has 3 rings (SSSR count). The molecule has 0 spiro atoms. The van der Waals surface area contributed by atoms with E-state index in [4.69, 9.17) is 11.6 Å². The number of rotatable bonds is 4. The van der Waals surface area contributed by atoms with Gasteiger partial charge in [-0.25, -0.2) is 0 Å². The van der Waals surface area contributed by atoms with Gasteiger partial charge in [0.05, 0.1) is 22.8 Å². The second-order valence-corrected chi connectivity index (χ2v) is 7.75. The van der Waals surface area contributed by atoms with Crippen LogP contribution in [0.15, 0.2) is 36.4 Å². The summed E-state index contributed by atoms with van der Waals surface area (Å²) in [5.41, 5.74) is 4.06. The van der Waals surface area contributed by atoms with Crippen molar-refractivity contribution < 1.29 is 4.79 Å². The highest BCUT2D eigenvalue weighted by molar-refractivity contribution is 7.16. The first-order chi connectivity index (χ1) is 11.5. The molecule has 0 aliphatic rings. The Labute approximate surface area is 150 Å². The van der Waals surface area contributed by atoms with Crippen LogP contribution in [0.5, 0.6) is 0 Å². The lowest BCUT2D eigenvalue weighted by atomic mass is 9.99. The van der Waals surface area contributed by atoms with Crippen LogP contribution in [0.3, 0.4) is 0 Å². The molecule has 2 aromatic heterocycles. The fourth-order valence-corrected chi connectivity index (χ4v) is 4.02. The summed E-state index contributed by atoms with van der Waals surface area (Å²) in [4.78, 5) is 20.1. The number of pyridine rings is 1. The number of aryl methyl sites for hydroxylation is 2. The number of hydrogen-bond acceptors (Lipinski definition) is 3. The maximum atomic E-state index is 12.6. The zero-order valence-electron chi connectivity index (χ0n) is 14.0. The van der Waals surface area contributed by atoms with Crippen LogP contribution >= 0.6 is 22.9 Å². The number of amides is 1. The molecule has 0 saturated heterocycles. The molecule has 0 aliphatic heterocycles. The summed E-state index contributed by atoms with van der Waals surface area (Å²) in [5.74, 6) is 0.0859. The molecule has 3 aromatic rings. The van der Waals surface area contributed by atoms with Crippen molar-refractivity contribution in [2.75, 3.05) is 7.05 Å². The number of likely N-dealkylation sites (N-methyl/N-ethyl adjacent to an activating group) is 1. The largest absolute Gasteiger partial charge is 0.340 e. The minimum Gasteiger partial charge on any atom is -0.340 e. The molecule has 0 radical (unpaired) electrons. The highest BCUT2D eigenvalue weighted by Gasteiger charge is 2.16. The number of benzene rings is 1. The van der Waals surface area contributed by atoms with E-state index in [1.807, 2.05) is 44.3 Å². The third-order valence-corrected chi connectivity index (χ3v) is 5.48. The predicted octanol–water partition coefficient (Wildman–Crippen LogP) is 4.77. The predicted molar refractivity (Wildman–Crippen MR) is 101 cm³/mol. The van der Waals surface area contributed by atoms with Crippen molar-refractivity contribution in [3.8, 4) is 0 Å². The first-order valence-corrected chi connectivity index (χ1v) is 8.98. The Morgan fingerprint density at radius 3 is 2.67 bits per heavy atom. The molecule has 0 saturated carbocycles. The molecule has 0 bridgehead atoms. The van der Waals surface area contributed by atoms with E-state index in [2.05, 4.69) is 18.0 Å². The Kier molecular flexibility index (Phi) is 4.88. The molecule has 1 amide bonds. The summed E-state index contributed by atoms with van der Waals surface area (Å²) in [6, 6.07) is 11.9. The van der Waals surface area contributed by atoms with E-state index in [-0.39, 0.29) is 5.91 Å². The number of para-hydroxylation sites is 1. The Morgan fingerprint density at radius 1 is 1.21 bits per heavy atom. The molecule has 124 valence electrons. The Morgan fingerprint density at radius 2 is 1.96 bits per heavy atom. The normalized spacial score (nSPS) is 11.0. The van der Waals surface area contributed by atoms with Crippen LogP contribution < -0.4 is 0 Å². The van der Waals surface area contributed by atoms with Gasteiger partial charge in [0, 0.05) is 23.0 Å². The van der Waals surface area contributed by atoms with E-state index >= 15 is 0 Å². The lowest BCUT2D eigenvalue weighted by Gasteiger charge is -2.18. The SMILES string of the molecule is Cc1nc2ccccc2c(C)c1CC(=O)N(C)Cc1ccc(Cl)s1. The molecular weight excluding hydrogens is 340 g/mol. The molecule has 5 heteroatoms. The number of halogens is 1. The van der Waals surface area contributed by atoms with Crippen molar-refractivity contribution in [1.82, 2.24) is 9.88 Å². The summed E-state index contributed by atoms with van der Waals surface area (Å²) < 4.78 is 0.747. The van der Waals surface area contributed by atoms with Crippen molar-refractivity contribution >= 4 is 39.7 Å². The van der Waals surface area contributed by atoms with Gasteiger partial charge in [0.2, 0.25) is 5.91 Å². The van der Waals surface area contributed by atoms with Crippen LogP contribution in [0.4, 0.5) is 0 Å². The van der Waals surface area contributed by atoms with Crippen molar-refractivity contribution in [1.29, 1.82) is 0 Å². The van der Waals surface area contributed by atoms with Crippen LogP contribution in [0.25, 0.3) is 10.9 Å². The monoisotopic (exact) mass is 358 g/mol. The molecule has 0 atom stereocenters. The van der Waals surface area contributed by atoms with E-state index < -0.39 is 0 Å². The highest BCUT2D eigenvalue weighted by Crippen LogP contribution is 2.25. The molecule has 0 fully saturated rings. The number of fused-ring (bicyclic) bond motifs is 1. The maximum absolute atomic E-state index is 12.6. The van der Waals surface area contributed by atoms with Gasteiger partial charge in [0.15, 0.2) is 0 Å². The van der Waals surface area contributed by atoms with E-state index in [9.17, 15) is 4.79 Å².